The van der Waals surface area contributed by atoms with Gasteiger partial charge in [-0.1, -0.05) is 50.3 Å². The van der Waals surface area contributed by atoms with Crippen molar-refractivity contribution in [3.63, 3.8) is 0 Å². The number of nitrogens with zero attached hydrogens (tertiary/aromatic N) is 7. The number of aliphatic hydroxyl groups is 5. The molecule has 3 fully saturated rings. The Hall–Kier alpha value is -3.68. The number of esters is 1. The van der Waals surface area contributed by atoms with Crippen molar-refractivity contribution in [3.05, 3.63) is 60.3 Å². The highest BCUT2D eigenvalue weighted by Crippen LogP contribution is 2.41. The minimum absolute atomic E-state index is 0.0820. The third-order valence-electron chi connectivity index (χ3n) is 16.6. The largest absolute Gasteiger partial charge is 0.459 e. The first-order chi connectivity index (χ1) is 35.8. The Balaban J connectivity index is 1.25. The predicted octanol–water partition coefficient (Wildman–Crippen LogP) is 4.46. The average Bonchev–Trinajstić information content (AvgIpc) is 3.87. The Labute approximate surface area is 448 Å². The van der Waals surface area contributed by atoms with Gasteiger partial charge in [0.25, 0.3) is 0 Å². The first-order valence-corrected chi connectivity index (χ1v) is 26.9. The van der Waals surface area contributed by atoms with Gasteiger partial charge in [-0.25, -0.2) is 9.07 Å². The average molecular weight is 1070 g/mol. The van der Waals surface area contributed by atoms with Gasteiger partial charge in [-0.15, -0.1) is 5.10 Å². The van der Waals surface area contributed by atoms with Crippen molar-refractivity contribution in [2.45, 2.75) is 204 Å². The molecule has 428 valence electrons. The van der Waals surface area contributed by atoms with Crippen molar-refractivity contribution < 1.29 is 67.9 Å². The van der Waals surface area contributed by atoms with Crippen molar-refractivity contribution in [1.29, 1.82) is 0 Å². The molecule has 0 bridgehead atoms. The number of carbonyl (C=O) groups excluding carboxylic acids is 1. The molecule has 5 N–H and O–H groups in total. The van der Waals surface area contributed by atoms with E-state index in [1.807, 2.05) is 62.0 Å². The lowest BCUT2D eigenvalue weighted by Crippen LogP contribution is -2.61. The molecule has 3 saturated heterocycles. The van der Waals surface area contributed by atoms with Crippen LogP contribution in [0, 0.1) is 17.8 Å². The van der Waals surface area contributed by atoms with Crippen LogP contribution in [0.2, 0.25) is 0 Å². The molecule has 20 nitrogen and oxygen atoms in total. The zero-order valence-corrected chi connectivity index (χ0v) is 47.1. The number of ether oxygens (including phenoxy) is 7. The van der Waals surface area contributed by atoms with E-state index < -0.39 is 127 Å². The maximum Gasteiger partial charge on any atom is 0.311 e. The van der Waals surface area contributed by atoms with Gasteiger partial charge in [0.15, 0.2) is 12.6 Å². The Kier molecular flexibility index (Phi) is 21.1. The van der Waals surface area contributed by atoms with Gasteiger partial charge in [-0.3, -0.25) is 14.8 Å². The van der Waals surface area contributed by atoms with E-state index in [1.54, 1.807) is 73.3 Å². The molecule has 0 aliphatic carbocycles. The van der Waals surface area contributed by atoms with Gasteiger partial charge in [-0.05, 0) is 93.3 Å². The number of methoxy groups -OCH3 is 2. The first kappa shape index (κ1) is 61.5. The maximum absolute atomic E-state index is 14.9. The zero-order chi connectivity index (χ0) is 56.0. The molecule has 3 aromatic rings. The molecule has 3 aliphatic heterocycles. The summed E-state index contributed by atoms with van der Waals surface area (Å²) in [5.41, 5.74) is -1.67. The summed E-state index contributed by atoms with van der Waals surface area (Å²) >= 11 is 0. The highest BCUT2D eigenvalue weighted by Gasteiger charge is 2.53. The number of hydrogen-bond acceptors (Lipinski definition) is 19. The number of halogens is 1. The molecule has 0 spiro atoms. The van der Waals surface area contributed by atoms with Crippen LogP contribution >= 0.6 is 0 Å². The number of cyclic esters (lactones) is 1. The van der Waals surface area contributed by atoms with Gasteiger partial charge >= 0.3 is 5.97 Å². The Morgan fingerprint density at radius 1 is 0.961 bits per heavy atom. The van der Waals surface area contributed by atoms with E-state index in [4.69, 9.17) is 33.2 Å². The van der Waals surface area contributed by atoms with Crippen LogP contribution in [-0.4, -0.2) is 205 Å². The molecule has 0 unspecified atom stereocenters. The normalized spacial score (nSPS) is 38.5. The van der Waals surface area contributed by atoms with E-state index in [1.165, 1.54) is 25.8 Å². The SMILES string of the molecule is CC[C@H]1OC(=O)[C@H](C)[C@@H](O[C@H]2C[C@@](C)(OC)[C@@H](O)[C@H](C)O2)[C@H](C)[C@@H](O[C@@H]2O[C@H](C)C[C@H](N(C)CCc3cn([C@H](CF)[C@H](OC)c4ccc(-c5cnccn5)cc4)nn3)[C@H]2O)[C@](C)(O)C[C@@H](C)CN(C)[C@H](C)[C@@H](O)[C@]1(C)O. The van der Waals surface area contributed by atoms with Crippen LogP contribution in [0.5, 0.6) is 0 Å². The van der Waals surface area contributed by atoms with Crippen LogP contribution in [0.3, 0.4) is 0 Å². The number of aliphatic hydroxyl groups excluding tert-OH is 3. The molecule has 20 atom stereocenters. The van der Waals surface area contributed by atoms with Crippen LogP contribution in [-0.2, 0) is 44.4 Å². The number of aromatic nitrogens is 5. The summed E-state index contributed by atoms with van der Waals surface area (Å²) in [5, 5.41) is 68.6. The van der Waals surface area contributed by atoms with E-state index >= 15 is 0 Å². The van der Waals surface area contributed by atoms with E-state index in [0.29, 0.717) is 37.3 Å². The fraction of sp³-hybridized carbons (Fsp3) is 0.764. The molecular weight excluding hydrogens is 986 g/mol. The van der Waals surface area contributed by atoms with Gasteiger partial charge < -0.3 is 68.5 Å². The van der Waals surface area contributed by atoms with E-state index in [-0.39, 0.29) is 25.2 Å². The topological polar surface area (TPSA) is 246 Å². The quantitative estimate of drug-likeness (QED) is 0.124. The van der Waals surface area contributed by atoms with Crippen molar-refractivity contribution >= 4 is 5.97 Å². The Bertz CT molecular complexity index is 2270. The maximum atomic E-state index is 14.9. The highest BCUT2D eigenvalue weighted by molar-refractivity contribution is 5.73. The summed E-state index contributed by atoms with van der Waals surface area (Å²) < 4.78 is 60.6. The molecule has 0 saturated carbocycles. The first-order valence-electron chi connectivity index (χ1n) is 26.9. The highest BCUT2D eigenvalue weighted by atomic mass is 19.1. The van der Waals surface area contributed by atoms with Crippen LogP contribution in [0.1, 0.15) is 118 Å². The van der Waals surface area contributed by atoms with Gasteiger partial charge in [0, 0.05) is 82.3 Å². The zero-order valence-electron chi connectivity index (χ0n) is 47.1. The second kappa shape index (κ2) is 26.1. The molecule has 0 radical (unpaired) electrons. The lowest BCUT2D eigenvalue weighted by Gasteiger charge is -2.49. The molecule has 5 heterocycles. The fourth-order valence-electron chi connectivity index (χ4n) is 11.8. The monoisotopic (exact) mass is 1070 g/mol. The standard InChI is InChI=1S/C55H88FN7O13/c1-15-43-55(10,69)48(65)35(6)62(12)29-31(2)25-53(8,68)50(33(4)46(34(5)51(67)74-43)75-44-26-54(9,71-14)49(66)36(7)73-44)76-52-45(64)41(24-32(3)72-52)61(11)23-20-39-30-63(60-59-39)42(27-56)47(70-13)38-18-16-37(17-19-38)40-28-57-21-22-58-40/h16-19,21-22,28,30-36,41-50,52,64-66,68-69H,15,20,23-27,29H2,1-14H3/t31-,32-,33+,34-,35-,36+,41+,42-,43-,44+,45-,46+,47-,48-,49+,50-,52+,53-,54-,55-/m1/s1. The number of carbonyl (C=O) groups is 1. The summed E-state index contributed by atoms with van der Waals surface area (Å²) in [6.45, 7) is 17.5. The summed E-state index contributed by atoms with van der Waals surface area (Å²) in [4.78, 5) is 26.9. The van der Waals surface area contributed by atoms with Crippen LogP contribution < -0.4 is 0 Å². The van der Waals surface area contributed by atoms with Gasteiger partial charge in [0.2, 0.25) is 0 Å². The summed E-state index contributed by atoms with van der Waals surface area (Å²) in [5.74, 6) is -2.89. The Morgan fingerprint density at radius 2 is 1.66 bits per heavy atom. The lowest BCUT2D eigenvalue weighted by molar-refractivity contribution is -0.318. The van der Waals surface area contributed by atoms with E-state index in [2.05, 4.69) is 20.3 Å². The van der Waals surface area contributed by atoms with Gasteiger partial charge in [-0.2, -0.15) is 0 Å². The Morgan fingerprint density at radius 3 is 2.28 bits per heavy atom. The van der Waals surface area contributed by atoms with Crippen molar-refractivity contribution in [2.75, 3.05) is 48.1 Å². The molecule has 21 heteroatoms. The third kappa shape index (κ3) is 14.0. The second-order valence-electron chi connectivity index (χ2n) is 22.7. The molecule has 2 aromatic heterocycles. The van der Waals surface area contributed by atoms with E-state index in [9.17, 15) is 34.7 Å². The molecule has 1 aromatic carbocycles. The van der Waals surface area contributed by atoms with Crippen LogP contribution in [0.4, 0.5) is 4.39 Å². The summed E-state index contributed by atoms with van der Waals surface area (Å²) in [6, 6.07) is 5.63. The fourth-order valence-corrected chi connectivity index (χ4v) is 11.8. The molecule has 3 aliphatic rings. The molecular formula is C55H88FN7O13. The minimum atomic E-state index is -1.85. The minimum Gasteiger partial charge on any atom is -0.459 e. The number of rotatable bonds is 16. The van der Waals surface area contributed by atoms with Crippen LogP contribution in [0.25, 0.3) is 11.3 Å². The lowest BCUT2D eigenvalue weighted by atomic mass is 9.77. The summed E-state index contributed by atoms with van der Waals surface area (Å²) in [7, 11) is 6.74. The smallest absolute Gasteiger partial charge is 0.311 e. The molecule has 0 amide bonds. The third-order valence-corrected chi connectivity index (χ3v) is 16.6. The van der Waals surface area contributed by atoms with Crippen molar-refractivity contribution in [3.8, 4) is 11.3 Å². The number of benzene rings is 1. The van der Waals surface area contributed by atoms with Gasteiger partial charge in [0.1, 0.15) is 48.8 Å². The number of likely N-dealkylation sites (N-methyl/N-ethyl adjacent to an activating group) is 2. The van der Waals surface area contributed by atoms with Crippen LogP contribution in [0.15, 0.2) is 49.1 Å². The summed E-state index contributed by atoms with van der Waals surface area (Å²) in [6.07, 6.45) is -3.16. The van der Waals surface area contributed by atoms with Crippen molar-refractivity contribution in [2.24, 2.45) is 17.8 Å². The van der Waals surface area contributed by atoms with Gasteiger partial charge in [0.05, 0.1) is 59.1 Å². The number of hydrogen-bond donors (Lipinski definition) is 5. The van der Waals surface area contributed by atoms with Crippen molar-refractivity contribution in [1.82, 2.24) is 34.8 Å². The van der Waals surface area contributed by atoms with E-state index in [0.717, 1.165) is 11.1 Å². The predicted molar refractivity (Wildman–Crippen MR) is 279 cm³/mol. The number of alkyl halides is 1. The second-order valence-corrected chi connectivity index (χ2v) is 22.7. The molecule has 76 heavy (non-hydrogen) atoms. The molecule has 6 rings (SSSR count).